The van der Waals surface area contributed by atoms with Crippen molar-refractivity contribution in [3.05, 3.63) is 46.2 Å². The number of aromatic nitrogens is 2. The van der Waals surface area contributed by atoms with E-state index in [0.29, 0.717) is 11.4 Å². The normalized spacial score (nSPS) is 11.8. The van der Waals surface area contributed by atoms with Crippen LogP contribution in [-0.4, -0.2) is 27.6 Å². The zero-order chi connectivity index (χ0) is 12.4. The molecule has 0 bridgehead atoms. The Balaban J connectivity index is 2.64. The molecule has 0 spiro atoms. The van der Waals surface area contributed by atoms with Gasteiger partial charge in [0.2, 0.25) is 5.88 Å². The molecule has 2 aromatic rings. The van der Waals surface area contributed by atoms with Crippen LogP contribution in [0, 0.1) is 0 Å². The van der Waals surface area contributed by atoms with Crippen LogP contribution < -0.4 is 5.56 Å². The van der Waals surface area contributed by atoms with Gasteiger partial charge in [0.15, 0.2) is 0 Å². The fourth-order valence-electron chi connectivity index (χ4n) is 1.63. The number of H-pyrrole nitrogens is 1. The van der Waals surface area contributed by atoms with E-state index in [9.17, 15) is 9.90 Å². The molecule has 1 heterocycles. The van der Waals surface area contributed by atoms with Gasteiger partial charge in [-0.3, -0.25) is 14.9 Å². The summed E-state index contributed by atoms with van der Waals surface area (Å²) in [7, 11) is 1.58. The van der Waals surface area contributed by atoms with Crippen LogP contribution in [0.2, 0.25) is 0 Å². The van der Waals surface area contributed by atoms with E-state index >= 15 is 0 Å². The van der Waals surface area contributed by atoms with Crippen LogP contribution in [0.25, 0.3) is 5.69 Å². The molecule has 0 unspecified atom stereocenters. The highest BCUT2D eigenvalue weighted by Crippen LogP contribution is 2.18. The molecule has 0 radical (unpaired) electrons. The van der Waals surface area contributed by atoms with Crippen molar-refractivity contribution < 1.29 is 5.11 Å². The van der Waals surface area contributed by atoms with E-state index in [4.69, 9.17) is 0 Å². The fourth-order valence-corrected chi connectivity index (χ4v) is 1.63. The second kappa shape index (κ2) is 4.29. The van der Waals surface area contributed by atoms with Crippen LogP contribution in [0.15, 0.2) is 40.1 Å². The summed E-state index contributed by atoms with van der Waals surface area (Å²) in [5, 5.41) is 12.6. The maximum absolute atomic E-state index is 11.7. The number of aromatic hydroxyl groups is 1. The lowest BCUT2D eigenvalue weighted by molar-refractivity contribution is 0.432. The minimum Gasteiger partial charge on any atom is -0.493 e. The molecule has 1 aromatic carbocycles. The van der Waals surface area contributed by atoms with E-state index in [-0.39, 0.29) is 17.0 Å². The smallest absolute Gasteiger partial charge is 0.277 e. The fraction of sp³-hybridized carbons (Fsp3) is 0.167. The average Bonchev–Trinajstić information content (AvgIpc) is 2.65. The first-order valence-corrected chi connectivity index (χ1v) is 5.18. The van der Waals surface area contributed by atoms with E-state index in [1.165, 1.54) is 4.68 Å². The van der Waals surface area contributed by atoms with E-state index in [1.807, 2.05) is 18.2 Å². The summed E-state index contributed by atoms with van der Waals surface area (Å²) in [5.41, 5.74) is 1.04. The Hall–Kier alpha value is -2.30. The van der Waals surface area contributed by atoms with Gasteiger partial charge in [-0.1, -0.05) is 18.2 Å². The van der Waals surface area contributed by atoms with Crippen LogP contribution >= 0.6 is 0 Å². The summed E-state index contributed by atoms with van der Waals surface area (Å²) < 4.78 is 1.34. The summed E-state index contributed by atoms with van der Waals surface area (Å²) in [6, 6.07) is 9.10. The molecule has 0 amide bonds. The number of aliphatic imine (C=N–C) groups is 1. The summed E-state index contributed by atoms with van der Waals surface area (Å²) in [5.74, 6) is -0.121. The Morgan fingerprint density at radius 2 is 2.00 bits per heavy atom. The standard InChI is InChI=1S/C12H13N3O2/c1-8(13-2)10-11(16)14-15(12(10)17)9-6-4-3-5-7-9/h3-7,17H,1-2H3,(H,14,16). The minimum absolute atomic E-state index is 0.121. The predicted molar refractivity (Wildman–Crippen MR) is 66.2 cm³/mol. The summed E-state index contributed by atoms with van der Waals surface area (Å²) in [4.78, 5) is 15.6. The molecule has 2 N–H and O–H groups in total. The van der Waals surface area contributed by atoms with Crippen molar-refractivity contribution in [2.75, 3.05) is 7.05 Å². The van der Waals surface area contributed by atoms with Gasteiger partial charge in [0, 0.05) is 12.8 Å². The highest BCUT2D eigenvalue weighted by molar-refractivity contribution is 6.00. The lowest BCUT2D eigenvalue weighted by Gasteiger charge is -2.03. The molecule has 0 aliphatic rings. The molecular weight excluding hydrogens is 218 g/mol. The Morgan fingerprint density at radius 3 is 2.59 bits per heavy atom. The Kier molecular flexibility index (Phi) is 2.82. The molecule has 0 aliphatic heterocycles. The van der Waals surface area contributed by atoms with Gasteiger partial charge in [-0.2, -0.15) is 0 Å². The van der Waals surface area contributed by atoms with Gasteiger partial charge in [0.05, 0.1) is 5.69 Å². The van der Waals surface area contributed by atoms with Crippen molar-refractivity contribution in [3.63, 3.8) is 0 Å². The molecule has 88 valence electrons. The average molecular weight is 231 g/mol. The SMILES string of the molecule is CN=C(C)c1c(O)n(-c2ccccc2)[nH]c1=O. The van der Waals surface area contributed by atoms with E-state index in [0.717, 1.165) is 0 Å². The van der Waals surface area contributed by atoms with Gasteiger partial charge in [0.1, 0.15) is 5.56 Å². The zero-order valence-corrected chi connectivity index (χ0v) is 9.64. The number of nitrogens with one attached hydrogen (secondary N) is 1. The summed E-state index contributed by atoms with van der Waals surface area (Å²) in [6.07, 6.45) is 0. The van der Waals surface area contributed by atoms with Crippen LogP contribution in [0.5, 0.6) is 5.88 Å². The molecule has 0 fully saturated rings. The first-order valence-electron chi connectivity index (χ1n) is 5.18. The minimum atomic E-state index is -0.352. The van der Waals surface area contributed by atoms with Crippen molar-refractivity contribution in [1.29, 1.82) is 0 Å². The number of hydrogen-bond donors (Lipinski definition) is 2. The molecule has 0 atom stereocenters. The van der Waals surface area contributed by atoms with Crippen molar-refractivity contribution in [3.8, 4) is 11.6 Å². The third kappa shape index (κ3) is 1.87. The Bertz CT molecular complexity index is 608. The van der Waals surface area contributed by atoms with Crippen molar-refractivity contribution in [2.45, 2.75) is 6.92 Å². The van der Waals surface area contributed by atoms with E-state index in [1.54, 1.807) is 26.1 Å². The molecule has 5 nitrogen and oxygen atoms in total. The third-order valence-electron chi connectivity index (χ3n) is 2.59. The highest BCUT2D eigenvalue weighted by Gasteiger charge is 2.16. The first-order chi connectivity index (χ1) is 8.15. The van der Waals surface area contributed by atoms with Gasteiger partial charge < -0.3 is 5.11 Å². The number of aromatic amines is 1. The van der Waals surface area contributed by atoms with Crippen LogP contribution in [0.4, 0.5) is 0 Å². The Morgan fingerprint density at radius 1 is 1.35 bits per heavy atom. The van der Waals surface area contributed by atoms with Crippen LogP contribution in [0.1, 0.15) is 12.5 Å². The zero-order valence-electron chi connectivity index (χ0n) is 9.64. The van der Waals surface area contributed by atoms with Crippen molar-refractivity contribution in [1.82, 2.24) is 9.78 Å². The van der Waals surface area contributed by atoms with Crippen LogP contribution in [0.3, 0.4) is 0 Å². The number of benzene rings is 1. The number of rotatable bonds is 2. The highest BCUT2D eigenvalue weighted by atomic mass is 16.3. The van der Waals surface area contributed by atoms with Gasteiger partial charge in [-0.25, -0.2) is 4.68 Å². The predicted octanol–water partition coefficient (Wildman–Crippen LogP) is 1.31. The van der Waals surface area contributed by atoms with Crippen molar-refractivity contribution in [2.24, 2.45) is 4.99 Å². The topological polar surface area (TPSA) is 70.4 Å². The summed E-state index contributed by atoms with van der Waals surface area (Å²) in [6.45, 7) is 1.68. The van der Waals surface area contributed by atoms with Crippen molar-refractivity contribution >= 4 is 5.71 Å². The second-order valence-electron chi connectivity index (χ2n) is 3.62. The maximum atomic E-state index is 11.7. The number of para-hydroxylation sites is 1. The van der Waals surface area contributed by atoms with Gasteiger partial charge in [0.25, 0.3) is 5.56 Å². The van der Waals surface area contributed by atoms with Gasteiger partial charge >= 0.3 is 0 Å². The largest absolute Gasteiger partial charge is 0.493 e. The quantitative estimate of drug-likeness (QED) is 0.765. The molecule has 0 aliphatic carbocycles. The number of nitrogens with zero attached hydrogens (tertiary/aromatic N) is 2. The van der Waals surface area contributed by atoms with Gasteiger partial charge in [-0.15, -0.1) is 0 Å². The Labute approximate surface area is 98.0 Å². The molecular formula is C12H13N3O2. The lowest BCUT2D eigenvalue weighted by Crippen LogP contribution is -2.10. The maximum Gasteiger partial charge on any atom is 0.277 e. The number of hydrogen-bond acceptors (Lipinski definition) is 3. The molecule has 0 saturated heterocycles. The monoisotopic (exact) mass is 231 g/mol. The first kappa shape index (κ1) is 11.2. The van der Waals surface area contributed by atoms with E-state index in [2.05, 4.69) is 10.1 Å². The molecule has 5 heteroatoms. The van der Waals surface area contributed by atoms with Gasteiger partial charge in [-0.05, 0) is 19.1 Å². The summed E-state index contributed by atoms with van der Waals surface area (Å²) >= 11 is 0. The second-order valence-corrected chi connectivity index (χ2v) is 3.62. The van der Waals surface area contributed by atoms with E-state index < -0.39 is 0 Å². The molecule has 2 rings (SSSR count). The third-order valence-corrected chi connectivity index (χ3v) is 2.59. The van der Waals surface area contributed by atoms with Crippen LogP contribution in [-0.2, 0) is 0 Å². The molecule has 17 heavy (non-hydrogen) atoms. The lowest BCUT2D eigenvalue weighted by atomic mass is 10.2. The molecule has 0 saturated carbocycles. The molecule has 1 aromatic heterocycles.